The summed E-state index contributed by atoms with van der Waals surface area (Å²) in [6.07, 6.45) is 2.01. The molecule has 8 nitrogen and oxygen atoms in total. The van der Waals surface area contributed by atoms with Gasteiger partial charge in [0, 0.05) is 11.8 Å². The first-order valence-corrected chi connectivity index (χ1v) is 10.8. The summed E-state index contributed by atoms with van der Waals surface area (Å²) in [5.41, 5.74) is -1.92. The maximum absolute atomic E-state index is 12.5. The Hall–Kier alpha value is -1.21. The standard InChI is InChI=1S/C18H31N2O6P/c1-11(2)18(12(3)4,27(23,24)25)26-17(9-16(17,6)7)10-20-8-13(5)14(21)19-15(20)22/h8,11-12H,9-10H2,1-7H3,(H,19,21,22)(H2,23,24,25). The van der Waals surface area contributed by atoms with Crippen LogP contribution in [0.3, 0.4) is 0 Å². The zero-order chi connectivity index (χ0) is 21.0. The van der Waals surface area contributed by atoms with Crippen molar-refractivity contribution in [3.63, 3.8) is 0 Å². The molecule has 3 N–H and O–H groups in total. The summed E-state index contributed by atoms with van der Waals surface area (Å²) in [5.74, 6) is -0.888. The van der Waals surface area contributed by atoms with Crippen LogP contribution in [0.1, 0.15) is 53.5 Å². The Morgan fingerprint density at radius 2 is 1.74 bits per heavy atom. The first kappa shape index (κ1) is 22.1. The highest BCUT2D eigenvalue weighted by molar-refractivity contribution is 7.53. The number of aromatic amines is 1. The van der Waals surface area contributed by atoms with E-state index in [4.69, 9.17) is 4.74 Å². The van der Waals surface area contributed by atoms with Crippen LogP contribution in [0.5, 0.6) is 0 Å². The van der Waals surface area contributed by atoms with E-state index < -0.39 is 41.6 Å². The number of aromatic nitrogens is 2. The number of hydrogen-bond donors (Lipinski definition) is 3. The van der Waals surface area contributed by atoms with Crippen molar-refractivity contribution in [2.75, 3.05) is 0 Å². The molecule has 1 heterocycles. The fraction of sp³-hybridized carbons (Fsp3) is 0.778. The van der Waals surface area contributed by atoms with Gasteiger partial charge < -0.3 is 14.5 Å². The van der Waals surface area contributed by atoms with Crippen molar-refractivity contribution in [3.8, 4) is 0 Å². The van der Waals surface area contributed by atoms with E-state index in [2.05, 4.69) is 4.98 Å². The molecule has 154 valence electrons. The molecule has 1 unspecified atom stereocenters. The normalized spacial score (nSPS) is 22.5. The fourth-order valence-corrected chi connectivity index (χ4v) is 5.74. The smallest absolute Gasteiger partial charge is 0.353 e. The minimum Gasteiger partial charge on any atom is -0.353 e. The highest BCUT2D eigenvalue weighted by Crippen LogP contribution is 2.68. The maximum Gasteiger partial charge on any atom is 0.357 e. The number of H-pyrrole nitrogens is 1. The van der Waals surface area contributed by atoms with Gasteiger partial charge in [-0.1, -0.05) is 41.5 Å². The summed E-state index contributed by atoms with van der Waals surface area (Å²) in [6.45, 7) is 12.5. The van der Waals surface area contributed by atoms with Crippen molar-refractivity contribution in [1.82, 2.24) is 9.55 Å². The summed E-state index contributed by atoms with van der Waals surface area (Å²) in [5, 5.41) is -1.67. The molecule has 0 aromatic carbocycles. The second-order valence-corrected chi connectivity index (χ2v) is 10.7. The van der Waals surface area contributed by atoms with Gasteiger partial charge in [-0.05, 0) is 30.6 Å². The lowest BCUT2D eigenvalue weighted by atomic mass is 9.94. The number of ether oxygens (including phenoxy) is 1. The lowest BCUT2D eigenvalue weighted by Gasteiger charge is -2.44. The van der Waals surface area contributed by atoms with Crippen LogP contribution in [-0.2, 0) is 15.8 Å². The molecule has 1 atom stereocenters. The lowest BCUT2D eigenvalue weighted by molar-refractivity contribution is -0.137. The van der Waals surface area contributed by atoms with Crippen molar-refractivity contribution in [2.45, 2.75) is 72.4 Å². The molecule has 1 fully saturated rings. The number of nitrogens with zero attached hydrogens (tertiary/aromatic N) is 1. The second kappa shape index (κ2) is 6.69. The Bertz CT molecular complexity index is 871. The Morgan fingerprint density at radius 1 is 1.26 bits per heavy atom. The van der Waals surface area contributed by atoms with Gasteiger partial charge in [-0.3, -0.25) is 18.9 Å². The highest BCUT2D eigenvalue weighted by atomic mass is 31.2. The average Bonchev–Trinajstić information content (AvgIpc) is 3.00. The Balaban J connectivity index is 2.55. The second-order valence-electron chi connectivity index (χ2n) is 8.96. The molecule has 0 radical (unpaired) electrons. The third kappa shape index (κ3) is 3.60. The topological polar surface area (TPSA) is 122 Å². The molecule has 2 rings (SSSR count). The van der Waals surface area contributed by atoms with E-state index in [1.165, 1.54) is 10.8 Å². The van der Waals surface area contributed by atoms with E-state index in [1.807, 2.05) is 13.8 Å². The van der Waals surface area contributed by atoms with E-state index >= 15 is 0 Å². The minimum atomic E-state index is -4.63. The van der Waals surface area contributed by atoms with E-state index in [1.54, 1.807) is 34.6 Å². The van der Waals surface area contributed by atoms with E-state index in [0.29, 0.717) is 12.0 Å². The van der Waals surface area contributed by atoms with E-state index in [0.717, 1.165) is 0 Å². The molecule has 0 amide bonds. The Morgan fingerprint density at radius 3 is 2.11 bits per heavy atom. The van der Waals surface area contributed by atoms with Gasteiger partial charge in [-0.15, -0.1) is 0 Å². The summed E-state index contributed by atoms with van der Waals surface area (Å²) in [4.78, 5) is 46.5. The third-order valence-corrected chi connectivity index (χ3v) is 7.95. The molecule has 1 aliphatic rings. The molecule has 0 aliphatic heterocycles. The van der Waals surface area contributed by atoms with Gasteiger partial charge in [0.15, 0.2) is 5.34 Å². The molecule has 0 saturated heterocycles. The van der Waals surface area contributed by atoms with Gasteiger partial charge in [0.1, 0.15) is 0 Å². The zero-order valence-corrected chi connectivity index (χ0v) is 18.0. The van der Waals surface area contributed by atoms with Crippen molar-refractivity contribution in [1.29, 1.82) is 0 Å². The summed E-state index contributed by atoms with van der Waals surface area (Å²) in [7, 11) is -4.63. The molecule has 1 saturated carbocycles. The Labute approximate surface area is 159 Å². The SMILES string of the molecule is Cc1cn(CC2(OC(C(C)C)(C(C)C)P(=O)(O)O)CC2(C)C)c(=O)[nH]c1=O. The van der Waals surface area contributed by atoms with Crippen LogP contribution in [0.4, 0.5) is 0 Å². The van der Waals surface area contributed by atoms with Crippen molar-refractivity contribution >= 4 is 7.60 Å². The van der Waals surface area contributed by atoms with Crippen LogP contribution in [0.25, 0.3) is 0 Å². The molecule has 27 heavy (non-hydrogen) atoms. The molecule has 9 heteroatoms. The number of rotatable bonds is 7. The minimum absolute atomic E-state index is 0.109. The quantitative estimate of drug-likeness (QED) is 0.601. The maximum atomic E-state index is 12.5. The number of hydrogen-bond acceptors (Lipinski definition) is 4. The molecule has 0 bridgehead atoms. The molecule has 1 aromatic heterocycles. The molecule has 0 spiro atoms. The van der Waals surface area contributed by atoms with Gasteiger partial charge in [-0.25, -0.2) is 4.79 Å². The van der Waals surface area contributed by atoms with Crippen LogP contribution in [0, 0.1) is 24.2 Å². The van der Waals surface area contributed by atoms with Gasteiger partial charge in [0.2, 0.25) is 0 Å². The number of nitrogens with one attached hydrogen (secondary N) is 1. The summed E-state index contributed by atoms with van der Waals surface area (Å²) in [6, 6.07) is 0. The van der Waals surface area contributed by atoms with Gasteiger partial charge in [0.25, 0.3) is 5.56 Å². The largest absolute Gasteiger partial charge is 0.357 e. The van der Waals surface area contributed by atoms with Crippen LogP contribution in [0.2, 0.25) is 0 Å². The predicted molar refractivity (Wildman–Crippen MR) is 103 cm³/mol. The monoisotopic (exact) mass is 402 g/mol. The van der Waals surface area contributed by atoms with Crippen LogP contribution >= 0.6 is 7.60 Å². The van der Waals surface area contributed by atoms with Crippen LogP contribution < -0.4 is 11.2 Å². The molecular formula is C18H31N2O6P. The van der Waals surface area contributed by atoms with E-state index in [9.17, 15) is 23.9 Å². The van der Waals surface area contributed by atoms with Crippen molar-refractivity contribution < 1.29 is 19.1 Å². The predicted octanol–water partition coefficient (Wildman–Crippen LogP) is 2.22. The molecular weight excluding hydrogens is 371 g/mol. The average molecular weight is 402 g/mol. The van der Waals surface area contributed by atoms with Gasteiger partial charge >= 0.3 is 13.3 Å². The molecule has 1 aromatic rings. The third-order valence-electron chi connectivity index (χ3n) is 5.92. The zero-order valence-electron chi connectivity index (χ0n) is 17.1. The first-order valence-electron chi connectivity index (χ1n) is 9.16. The fourth-order valence-electron chi connectivity index (χ4n) is 4.10. The molecule has 1 aliphatic carbocycles. The summed E-state index contributed by atoms with van der Waals surface area (Å²) >= 11 is 0. The van der Waals surface area contributed by atoms with Crippen molar-refractivity contribution in [2.24, 2.45) is 17.3 Å². The lowest BCUT2D eigenvalue weighted by Crippen LogP contribution is -2.50. The highest BCUT2D eigenvalue weighted by Gasteiger charge is 2.69. The van der Waals surface area contributed by atoms with Gasteiger partial charge in [0.05, 0.1) is 12.1 Å². The van der Waals surface area contributed by atoms with Crippen molar-refractivity contribution in [3.05, 3.63) is 32.6 Å². The van der Waals surface area contributed by atoms with Gasteiger partial charge in [-0.2, -0.15) is 0 Å². The Kier molecular flexibility index (Phi) is 5.47. The first-order chi connectivity index (χ1) is 12.1. The van der Waals surface area contributed by atoms with Crippen LogP contribution in [-0.4, -0.2) is 30.3 Å². The van der Waals surface area contributed by atoms with Crippen LogP contribution in [0.15, 0.2) is 15.8 Å². The number of aryl methyl sites for hydroxylation is 1. The van der Waals surface area contributed by atoms with E-state index in [-0.39, 0.29) is 12.0 Å². The summed E-state index contributed by atoms with van der Waals surface area (Å²) < 4.78 is 20.2.